The highest BCUT2D eigenvalue weighted by Gasteiger charge is 2.29. The molecule has 2 N–H and O–H groups in total. The molecule has 1 atom stereocenters. The average Bonchev–Trinajstić information content (AvgIpc) is 3.04. The van der Waals surface area contributed by atoms with Crippen molar-refractivity contribution in [3.05, 3.63) is 65.9 Å². The average molecular weight is 312 g/mol. The molecule has 0 radical (unpaired) electrons. The highest BCUT2D eigenvalue weighted by atomic mass is 32.2. The van der Waals surface area contributed by atoms with Crippen molar-refractivity contribution < 1.29 is 8.42 Å². The van der Waals surface area contributed by atoms with Crippen LogP contribution >= 0.6 is 0 Å². The van der Waals surface area contributed by atoms with Gasteiger partial charge in [-0.15, -0.1) is 0 Å². The Hall–Kier alpha value is -2.11. The van der Waals surface area contributed by atoms with Gasteiger partial charge < -0.3 is 4.98 Å². The summed E-state index contributed by atoms with van der Waals surface area (Å²) in [6.07, 6.45) is 1.43. The number of para-hydroxylation sites is 1. The summed E-state index contributed by atoms with van der Waals surface area (Å²) >= 11 is 0. The zero-order chi connectivity index (χ0) is 15.2. The molecule has 1 heterocycles. The van der Waals surface area contributed by atoms with Crippen LogP contribution in [-0.4, -0.2) is 19.4 Å². The number of sulfonamides is 1. The molecule has 1 unspecified atom stereocenters. The monoisotopic (exact) mass is 312 g/mol. The molecule has 4 nitrogen and oxygen atoms in total. The second-order valence-corrected chi connectivity index (χ2v) is 7.38. The van der Waals surface area contributed by atoms with Gasteiger partial charge in [0.1, 0.15) is 0 Å². The van der Waals surface area contributed by atoms with Crippen molar-refractivity contribution in [2.45, 2.75) is 23.8 Å². The third kappa shape index (κ3) is 2.23. The minimum Gasteiger partial charge on any atom is -0.358 e. The lowest BCUT2D eigenvalue weighted by molar-refractivity contribution is 0.555. The van der Waals surface area contributed by atoms with Crippen molar-refractivity contribution in [1.82, 2.24) is 9.71 Å². The number of hydrogen-bond donors (Lipinski definition) is 2. The number of rotatable bonds is 3. The fourth-order valence-corrected chi connectivity index (χ4v) is 4.46. The predicted molar refractivity (Wildman–Crippen MR) is 86.3 cm³/mol. The van der Waals surface area contributed by atoms with Crippen LogP contribution in [0.25, 0.3) is 10.9 Å². The van der Waals surface area contributed by atoms with Gasteiger partial charge in [-0.2, -0.15) is 0 Å². The molecule has 0 fully saturated rings. The molecule has 1 aromatic heterocycles. The number of hydrogen-bond acceptors (Lipinski definition) is 2. The number of nitrogens with one attached hydrogen (secondary N) is 2. The van der Waals surface area contributed by atoms with Crippen LogP contribution in [0.4, 0.5) is 0 Å². The van der Waals surface area contributed by atoms with Gasteiger partial charge in [-0.3, -0.25) is 0 Å². The molecule has 4 rings (SSSR count). The Morgan fingerprint density at radius 1 is 0.955 bits per heavy atom. The Labute approximate surface area is 129 Å². The van der Waals surface area contributed by atoms with Crippen LogP contribution in [0.3, 0.4) is 0 Å². The summed E-state index contributed by atoms with van der Waals surface area (Å²) in [6, 6.07) is 16.6. The lowest BCUT2D eigenvalue weighted by atomic mass is 10.1. The first kappa shape index (κ1) is 13.5. The van der Waals surface area contributed by atoms with Crippen molar-refractivity contribution in [2.24, 2.45) is 0 Å². The minimum absolute atomic E-state index is 0.0870. The van der Waals surface area contributed by atoms with Gasteiger partial charge in [-0.1, -0.05) is 36.4 Å². The van der Waals surface area contributed by atoms with E-state index in [0.29, 0.717) is 11.3 Å². The third-order valence-electron chi connectivity index (χ3n) is 4.18. The molecule has 0 saturated carbocycles. The van der Waals surface area contributed by atoms with Crippen LogP contribution in [0.5, 0.6) is 0 Å². The second-order valence-electron chi connectivity index (χ2n) is 5.67. The third-order valence-corrected chi connectivity index (χ3v) is 5.71. The molecule has 112 valence electrons. The Morgan fingerprint density at radius 2 is 1.68 bits per heavy atom. The van der Waals surface area contributed by atoms with Gasteiger partial charge >= 0.3 is 0 Å². The molecular formula is C17H16N2O2S. The van der Waals surface area contributed by atoms with Crippen molar-refractivity contribution >= 4 is 20.9 Å². The van der Waals surface area contributed by atoms with Gasteiger partial charge in [0, 0.05) is 29.1 Å². The predicted octanol–water partition coefficient (Wildman–Crippen LogP) is 2.61. The lowest BCUT2D eigenvalue weighted by Gasteiger charge is -2.13. The Balaban J connectivity index is 1.59. The lowest BCUT2D eigenvalue weighted by Crippen LogP contribution is -2.35. The smallest absolute Gasteiger partial charge is 0.240 e. The van der Waals surface area contributed by atoms with Gasteiger partial charge in [0.25, 0.3) is 0 Å². The molecule has 0 bridgehead atoms. The minimum atomic E-state index is -3.46. The first-order chi connectivity index (χ1) is 10.6. The van der Waals surface area contributed by atoms with Crippen LogP contribution in [0.15, 0.2) is 59.5 Å². The van der Waals surface area contributed by atoms with Crippen molar-refractivity contribution in [2.75, 3.05) is 0 Å². The highest BCUT2D eigenvalue weighted by Crippen LogP contribution is 2.30. The maximum atomic E-state index is 12.4. The largest absolute Gasteiger partial charge is 0.358 e. The van der Waals surface area contributed by atoms with Gasteiger partial charge in [-0.25, -0.2) is 13.1 Å². The van der Waals surface area contributed by atoms with E-state index >= 15 is 0 Å². The summed E-state index contributed by atoms with van der Waals surface area (Å²) < 4.78 is 27.6. The van der Waals surface area contributed by atoms with E-state index in [4.69, 9.17) is 0 Å². The number of aromatic amines is 1. The van der Waals surface area contributed by atoms with Crippen LogP contribution in [0.1, 0.15) is 11.3 Å². The van der Waals surface area contributed by atoms with Crippen molar-refractivity contribution in [3.63, 3.8) is 0 Å². The first-order valence-corrected chi connectivity index (χ1v) is 8.78. The molecule has 22 heavy (non-hydrogen) atoms. The van der Waals surface area contributed by atoms with E-state index in [1.807, 2.05) is 18.2 Å². The fourth-order valence-electron chi connectivity index (χ4n) is 3.20. The molecular weight excluding hydrogens is 296 g/mol. The molecule has 3 aromatic rings. The molecule has 0 aliphatic heterocycles. The van der Waals surface area contributed by atoms with Crippen LogP contribution in [0.2, 0.25) is 0 Å². The summed E-state index contributed by atoms with van der Waals surface area (Å²) in [4.78, 5) is 3.71. The van der Waals surface area contributed by atoms with Gasteiger partial charge in [-0.05, 0) is 30.2 Å². The van der Waals surface area contributed by atoms with E-state index in [1.54, 1.807) is 24.3 Å². The zero-order valence-electron chi connectivity index (χ0n) is 11.9. The molecule has 0 spiro atoms. The van der Waals surface area contributed by atoms with E-state index in [0.717, 1.165) is 17.6 Å². The van der Waals surface area contributed by atoms with E-state index in [1.165, 1.54) is 10.9 Å². The molecule has 1 aliphatic rings. The standard InChI is InChI=1S/C17H16N2O2S/c20-22(21,13-6-2-1-3-7-13)19-12-10-15-14-8-4-5-9-16(14)18-17(15)11-12/h1-9,12,18-19H,10-11H2. The fraction of sp³-hybridized carbons (Fsp3) is 0.176. The summed E-state index contributed by atoms with van der Waals surface area (Å²) in [6.45, 7) is 0. The van der Waals surface area contributed by atoms with E-state index in [2.05, 4.69) is 21.8 Å². The Bertz CT molecular complexity index is 930. The molecule has 2 aromatic carbocycles. The molecule has 1 aliphatic carbocycles. The van der Waals surface area contributed by atoms with Gasteiger partial charge in [0.15, 0.2) is 0 Å². The molecule has 0 amide bonds. The van der Waals surface area contributed by atoms with E-state index < -0.39 is 10.0 Å². The number of fused-ring (bicyclic) bond motifs is 3. The topological polar surface area (TPSA) is 62.0 Å². The normalized spacial score (nSPS) is 17.7. The van der Waals surface area contributed by atoms with Gasteiger partial charge in [0.2, 0.25) is 10.0 Å². The first-order valence-electron chi connectivity index (χ1n) is 7.29. The number of H-pyrrole nitrogens is 1. The van der Waals surface area contributed by atoms with Crippen LogP contribution in [0, 0.1) is 0 Å². The maximum absolute atomic E-state index is 12.4. The van der Waals surface area contributed by atoms with E-state index in [9.17, 15) is 8.42 Å². The summed E-state index contributed by atoms with van der Waals surface area (Å²) in [5.41, 5.74) is 3.50. The SMILES string of the molecule is O=S(=O)(NC1Cc2[nH]c3ccccc3c2C1)c1ccccc1. The zero-order valence-corrected chi connectivity index (χ0v) is 12.7. The molecule has 0 saturated heterocycles. The Kier molecular flexibility index (Phi) is 3.06. The van der Waals surface area contributed by atoms with Crippen LogP contribution in [-0.2, 0) is 22.9 Å². The highest BCUT2D eigenvalue weighted by molar-refractivity contribution is 7.89. The van der Waals surface area contributed by atoms with Crippen LogP contribution < -0.4 is 4.72 Å². The maximum Gasteiger partial charge on any atom is 0.240 e. The summed E-state index contributed by atoms with van der Waals surface area (Å²) in [5, 5.41) is 1.19. The van der Waals surface area contributed by atoms with Gasteiger partial charge in [0.05, 0.1) is 4.90 Å². The van der Waals surface area contributed by atoms with Crippen molar-refractivity contribution in [3.8, 4) is 0 Å². The number of benzene rings is 2. The van der Waals surface area contributed by atoms with Crippen molar-refractivity contribution in [1.29, 1.82) is 0 Å². The number of aromatic nitrogens is 1. The second kappa shape index (κ2) is 4.97. The van der Waals surface area contributed by atoms with E-state index in [-0.39, 0.29) is 6.04 Å². The Morgan fingerprint density at radius 3 is 2.50 bits per heavy atom. The molecule has 5 heteroatoms. The summed E-state index contributed by atoms with van der Waals surface area (Å²) in [7, 11) is -3.46. The summed E-state index contributed by atoms with van der Waals surface area (Å²) in [5.74, 6) is 0. The quantitative estimate of drug-likeness (QED) is 0.781.